The number of anilines is 1. The van der Waals surface area contributed by atoms with E-state index in [2.05, 4.69) is 26.3 Å². The highest BCUT2D eigenvalue weighted by Crippen LogP contribution is 2.36. The minimum Gasteiger partial charge on any atom is -0.381 e. The molecule has 4 rings (SSSR count). The predicted octanol–water partition coefficient (Wildman–Crippen LogP) is 3.28. The van der Waals surface area contributed by atoms with Gasteiger partial charge in [-0.3, -0.25) is 9.48 Å². The van der Waals surface area contributed by atoms with Crippen LogP contribution in [0, 0.1) is 0 Å². The SMILES string of the molecule is O=C(Nc1cc2n(n1)CCC2)C1(c2ccc(Br)cc2)CCOCC1. The summed E-state index contributed by atoms with van der Waals surface area (Å²) in [6, 6.07) is 10.0. The highest BCUT2D eigenvalue weighted by atomic mass is 79.9. The van der Waals surface area contributed by atoms with Gasteiger partial charge in [-0.1, -0.05) is 28.1 Å². The molecule has 24 heavy (non-hydrogen) atoms. The van der Waals surface area contributed by atoms with Gasteiger partial charge in [0, 0.05) is 36.0 Å². The second-order valence-corrected chi connectivity index (χ2v) is 7.42. The standard InChI is InChI=1S/C18H20BrN3O2/c19-14-5-3-13(4-6-14)18(7-10-24-11-8-18)17(23)20-16-12-15-2-1-9-22(15)21-16/h3-6,12H,1-2,7-11H2,(H,20,21,23). The molecule has 1 fully saturated rings. The van der Waals surface area contributed by atoms with E-state index in [0.717, 1.165) is 29.4 Å². The average molecular weight is 390 g/mol. The molecule has 0 saturated carbocycles. The van der Waals surface area contributed by atoms with Crippen LogP contribution in [0.3, 0.4) is 0 Å². The number of hydrogen-bond acceptors (Lipinski definition) is 3. The summed E-state index contributed by atoms with van der Waals surface area (Å²) in [7, 11) is 0. The second kappa shape index (κ2) is 6.33. The van der Waals surface area contributed by atoms with Gasteiger partial charge in [0.1, 0.15) is 0 Å². The first-order valence-electron chi connectivity index (χ1n) is 8.39. The van der Waals surface area contributed by atoms with Crippen LogP contribution in [-0.2, 0) is 27.9 Å². The molecule has 0 spiro atoms. The van der Waals surface area contributed by atoms with Gasteiger partial charge in [-0.2, -0.15) is 5.10 Å². The smallest absolute Gasteiger partial charge is 0.236 e. The first kappa shape index (κ1) is 15.8. The molecule has 3 heterocycles. The van der Waals surface area contributed by atoms with Gasteiger partial charge >= 0.3 is 0 Å². The van der Waals surface area contributed by atoms with E-state index in [0.29, 0.717) is 31.9 Å². The number of benzene rings is 1. The number of carbonyl (C=O) groups excluding carboxylic acids is 1. The minimum absolute atomic E-state index is 0.0184. The van der Waals surface area contributed by atoms with Crippen molar-refractivity contribution in [2.45, 2.75) is 37.6 Å². The Hall–Kier alpha value is -1.66. The maximum atomic E-state index is 13.2. The molecule has 0 unspecified atom stereocenters. The summed E-state index contributed by atoms with van der Waals surface area (Å²) >= 11 is 3.46. The molecule has 6 heteroatoms. The molecular formula is C18H20BrN3O2. The Bertz CT molecular complexity index is 727. The van der Waals surface area contributed by atoms with Crippen LogP contribution in [0.5, 0.6) is 0 Å². The molecule has 2 aliphatic heterocycles. The zero-order valence-corrected chi connectivity index (χ0v) is 15.0. The summed E-state index contributed by atoms with van der Waals surface area (Å²) in [6.45, 7) is 2.14. The summed E-state index contributed by atoms with van der Waals surface area (Å²) in [5, 5.41) is 7.57. The van der Waals surface area contributed by atoms with Crippen LogP contribution in [0.25, 0.3) is 0 Å². The zero-order valence-electron chi connectivity index (χ0n) is 13.4. The number of nitrogens with zero attached hydrogens (tertiary/aromatic N) is 2. The van der Waals surface area contributed by atoms with E-state index in [1.807, 2.05) is 35.0 Å². The van der Waals surface area contributed by atoms with Gasteiger partial charge in [-0.25, -0.2) is 0 Å². The van der Waals surface area contributed by atoms with E-state index < -0.39 is 5.41 Å². The summed E-state index contributed by atoms with van der Waals surface area (Å²) in [6.07, 6.45) is 3.55. The summed E-state index contributed by atoms with van der Waals surface area (Å²) < 4.78 is 8.52. The van der Waals surface area contributed by atoms with Crippen LogP contribution in [0.15, 0.2) is 34.8 Å². The predicted molar refractivity (Wildman–Crippen MR) is 95.1 cm³/mol. The maximum Gasteiger partial charge on any atom is 0.236 e. The Kier molecular flexibility index (Phi) is 4.18. The highest BCUT2D eigenvalue weighted by Gasteiger charge is 2.42. The second-order valence-electron chi connectivity index (χ2n) is 6.50. The topological polar surface area (TPSA) is 56.2 Å². The van der Waals surface area contributed by atoms with Gasteiger partial charge < -0.3 is 10.1 Å². The molecule has 0 radical (unpaired) electrons. The number of nitrogens with one attached hydrogen (secondary N) is 1. The molecular weight excluding hydrogens is 370 g/mol. The number of ether oxygens (including phenoxy) is 1. The van der Waals surface area contributed by atoms with Crippen LogP contribution in [0.4, 0.5) is 5.82 Å². The van der Waals surface area contributed by atoms with Crippen molar-refractivity contribution in [3.63, 3.8) is 0 Å². The molecule has 1 amide bonds. The molecule has 0 aliphatic carbocycles. The third-order valence-corrected chi connectivity index (χ3v) is 5.61. The Morgan fingerprint density at radius 1 is 1.25 bits per heavy atom. The molecule has 0 bridgehead atoms. The largest absolute Gasteiger partial charge is 0.381 e. The van der Waals surface area contributed by atoms with Crippen molar-refractivity contribution in [2.24, 2.45) is 0 Å². The highest BCUT2D eigenvalue weighted by molar-refractivity contribution is 9.10. The summed E-state index contributed by atoms with van der Waals surface area (Å²) in [4.78, 5) is 13.2. The molecule has 126 valence electrons. The Labute approximate surface area is 149 Å². The molecule has 5 nitrogen and oxygen atoms in total. The van der Waals surface area contributed by atoms with Crippen molar-refractivity contribution < 1.29 is 9.53 Å². The lowest BCUT2D eigenvalue weighted by Gasteiger charge is -2.36. The Morgan fingerprint density at radius 2 is 2.00 bits per heavy atom. The van der Waals surface area contributed by atoms with Crippen molar-refractivity contribution >= 4 is 27.7 Å². The monoisotopic (exact) mass is 389 g/mol. The quantitative estimate of drug-likeness (QED) is 0.875. The van der Waals surface area contributed by atoms with E-state index >= 15 is 0 Å². The fourth-order valence-electron chi connectivity index (χ4n) is 3.69. The number of carbonyl (C=O) groups is 1. The normalized spacial score (nSPS) is 19.0. The molecule has 2 aliphatic rings. The lowest BCUT2D eigenvalue weighted by Crippen LogP contribution is -2.44. The number of aromatic nitrogens is 2. The molecule has 1 saturated heterocycles. The average Bonchev–Trinajstić information content (AvgIpc) is 3.17. The zero-order chi connectivity index (χ0) is 16.6. The van der Waals surface area contributed by atoms with Crippen LogP contribution >= 0.6 is 15.9 Å². The number of rotatable bonds is 3. The minimum atomic E-state index is -0.549. The van der Waals surface area contributed by atoms with Crippen molar-refractivity contribution in [1.82, 2.24) is 9.78 Å². The van der Waals surface area contributed by atoms with Gasteiger partial charge in [-0.15, -0.1) is 0 Å². The molecule has 0 atom stereocenters. The van der Waals surface area contributed by atoms with Gasteiger partial charge in [0.05, 0.1) is 5.41 Å². The first-order valence-corrected chi connectivity index (χ1v) is 9.19. The third-order valence-electron chi connectivity index (χ3n) is 5.09. The number of fused-ring (bicyclic) bond motifs is 1. The van der Waals surface area contributed by atoms with Gasteiger partial charge in [-0.05, 0) is 43.4 Å². The number of hydrogen-bond donors (Lipinski definition) is 1. The fourth-order valence-corrected chi connectivity index (χ4v) is 3.96. The number of amides is 1. The molecule has 1 aromatic heterocycles. The van der Waals surface area contributed by atoms with E-state index in [-0.39, 0.29) is 5.91 Å². The summed E-state index contributed by atoms with van der Waals surface area (Å²) in [5.41, 5.74) is 1.70. The van der Waals surface area contributed by atoms with Crippen molar-refractivity contribution in [3.8, 4) is 0 Å². The van der Waals surface area contributed by atoms with Crippen LogP contribution in [-0.4, -0.2) is 28.9 Å². The van der Waals surface area contributed by atoms with Crippen LogP contribution in [0.2, 0.25) is 0 Å². The Morgan fingerprint density at radius 3 is 2.71 bits per heavy atom. The van der Waals surface area contributed by atoms with Crippen molar-refractivity contribution in [1.29, 1.82) is 0 Å². The lowest BCUT2D eigenvalue weighted by atomic mass is 9.73. The number of aryl methyl sites for hydroxylation is 2. The van der Waals surface area contributed by atoms with E-state index in [1.165, 1.54) is 5.69 Å². The number of halogens is 1. The van der Waals surface area contributed by atoms with E-state index in [1.54, 1.807) is 0 Å². The molecule has 1 aromatic carbocycles. The van der Waals surface area contributed by atoms with Gasteiger partial charge in [0.15, 0.2) is 5.82 Å². The van der Waals surface area contributed by atoms with Crippen molar-refractivity contribution in [2.75, 3.05) is 18.5 Å². The molecule has 2 aromatic rings. The van der Waals surface area contributed by atoms with E-state index in [9.17, 15) is 4.79 Å². The van der Waals surface area contributed by atoms with Gasteiger partial charge in [0.2, 0.25) is 5.91 Å². The van der Waals surface area contributed by atoms with Crippen LogP contribution < -0.4 is 5.32 Å². The lowest BCUT2D eigenvalue weighted by molar-refractivity contribution is -0.125. The fraction of sp³-hybridized carbons (Fsp3) is 0.444. The van der Waals surface area contributed by atoms with Crippen molar-refractivity contribution in [3.05, 3.63) is 46.1 Å². The summed E-state index contributed by atoms with van der Waals surface area (Å²) in [5.74, 6) is 0.683. The molecule has 1 N–H and O–H groups in total. The Balaban J connectivity index is 1.62. The third kappa shape index (κ3) is 2.78. The van der Waals surface area contributed by atoms with Crippen LogP contribution in [0.1, 0.15) is 30.5 Å². The van der Waals surface area contributed by atoms with E-state index in [4.69, 9.17) is 4.74 Å². The first-order chi connectivity index (χ1) is 11.7. The van der Waals surface area contributed by atoms with Gasteiger partial charge in [0.25, 0.3) is 0 Å². The maximum absolute atomic E-state index is 13.2.